The van der Waals surface area contributed by atoms with Crippen LogP contribution in [0.5, 0.6) is 0 Å². The largest absolute Gasteiger partial charge is 0.347 e. The van der Waals surface area contributed by atoms with Gasteiger partial charge in [0.15, 0.2) is 0 Å². The molecule has 5 nitrogen and oxygen atoms in total. The van der Waals surface area contributed by atoms with Gasteiger partial charge < -0.3 is 4.90 Å². The zero-order chi connectivity index (χ0) is 16.6. The predicted octanol–water partition coefficient (Wildman–Crippen LogP) is 2.08. The monoisotopic (exact) mass is 332 g/mol. The summed E-state index contributed by atoms with van der Waals surface area (Å²) in [6.45, 7) is 0.388. The number of hydrogen-bond acceptors (Lipinski definition) is 3. The second-order valence-corrected chi connectivity index (χ2v) is 7.91. The summed E-state index contributed by atoms with van der Waals surface area (Å²) in [6, 6.07) is 12.1. The number of carbonyl (C=O) groups excluding carboxylic acids is 1. The number of hydrogen-bond donors (Lipinski definition) is 0. The van der Waals surface area contributed by atoms with Gasteiger partial charge in [0, 0.05) is 20.6 Å². The highest BCUT2D eigenvalue weighted by Gasteiger charge is 2.40. The minimum absolute atomic E-state index is 0.160. The molecule has 0 N–H and O–H groups in total. The third-order valence-corrected chi connectivity index (χ3v) is 6.16. The first-order valence-electron chi connectivity index (χ1n) is 7.63. The first-order chi connectivity index (χ1) is 10.9. The standard InChI is InChI=1S/C17H20N2O3S/c1-18(2)17(20)16-8-5-11-19(16)23(21,22)15-10-9-13-6-3-4-7-14(13)12-15/h3-4,6-7,9-10,12,16H,5,8,11H2,1-2H3/t16-/m0/s1. The van der Waals surface area contributed by atoms with Crippen molar-refractivity contribution < 1.29 is 13.2 Å². The van der Waals surface area contributed by atoms with Crippen LogP contribution in [0.1, 0.15) is 12.8 Å². The van der Waals surface area contributed by atoms with Crippen molar-refractivity contribution >= 4 is 26.7 Å². The van der Waals surface area contributed by atoms with Gasteiger partial charge >= 0.3 is 0 Å². The van der Waals surface area contributed by atoms with E-state index in [2.05, 4.69) is 0 Å². The average Bonchev–Trinajstić information content (AvgIpc) is 3.03. The summed E-state index contributed by atoms with van der Waals surface area (Å²) < 4.78 is 27.3. The number of fused-ring (bicyclic) bond motifs is 1. The minimum Gasteiger partial charge on any atom is -0.347 e. The molecule has 0 radical (unpaired) electrons. The smallest absolute Gasteiger partial charge is 0.243 e. The number of nitrogens with zero attached hydrogens (tertiary/aromatic N) is 2. The highest BCUT2D eigenvalue weighted by molar-refractivity contribution is 7.89. The molecule has 122 valence electrons. The molecule has 0 aromatic heterocycles. The zero-order valence-corrected chi connectivity index (χ0v) is 14.1. The highest BCUT2D eigenvalue weighted by Crippen LogP contribution is 2.28. The van der Waals surface area contributed by atoms with Gasteiger partial charge in [0.2, 0.25) is 15.9 Å². The molecule has 1 heterocycles. The molecule has 0 spiro atoms. The van der Waals surface area contributed by atoms with Gasteiger partial charge in [0.25, 0.3) is 0 Å². The van der Waals surface area contributed by atoms with Crippen LogP contribution in [0.2, 0.25) is 0 Å². The first kappa shape index (κ1) is 16.0. The van der Waals surface area contributed by atoms with Gasteiger partial charge in [0.05, 0.1) is 4.90 Å². The van der Waals surface area contributed by atoms with E-state index in [1.807, 2.05) is 24.3 Å². The van der Waals surface area contributed by atoms with Crippen molar-refractivity contribution in [3.8, 4) is 0 Å². The van der Waals surface area contributed by atoms with E-state index in [1.165, 1.54) is 9.21 Å². The Kier molecular flexibility index (Phi) is 4.12. The van der Waals surface area contributed by atoms with Gasteiger partial charge in [-0.3, -0.25) is 4.79 Å². The first-order valence-corrected chi connectivity index (χ1v) is 9.07. The van der Waals surface area contributed by atoms with Gasteiger partial charge in [-0.15, -0.1) is 0 Å². The van der Waals surface area contributed by atoms with Crippen LogP contribution >= 0.6 is 0 Å². The van der Waals surface area contributed by atoms with Gasteiger partial charge in [-0.1, -0.05) is 30.3 Å². The normalized spacial score (nSPS) is 19.1. The third kappa shape index (κ3) is 2.84. The summed E-state index contributed by atoms with van der Waals surface area (Å²) in [5, 5.41) is 1.87. The van der Waals surface area contributed by atoms with Crippen molar-refractivity contribution in [2.45, 2.75) is 23.8 Å². The molecule has 23 heavy (non-hydrogen) atoms. The molecule has 1 aliphatic heterocycles. The van der Waals surface area contributed by atoms with E-state index in [4.69, 9.17) is 0 Å². The summed E-state index contributed by atoms with van der Waals surface area (Å²) in [7, 11) is -0.364. The SMILES string of the molecule is CN(C)C(=O)[C@@H]1CCCN1S(=O)(=O)c1ccc2ccccc2c1. The molecule has 3 rings (SSSR count). The maximum Gasteiger partial charge on any atom is 0.243 e. The molecule has 1 atom stereocenters. The van der Waals surface area contributed by atoms with Crippen LogP contribution in [-0.4, -0.2) is 50.2 Å². The zero-order valence-electron chi connectivity index (χ0n) is 13.3. The molecule has 2 aromatic carbocycles. The quantitative estimate of drug-likeness (QED) is 0.865. The number of likely N-dealkylation sites (N-methyl/N-ethyl adjacent to an activating group) is 1. The number of rotatable bonds is 3. The summed E-state index contributed by atoms with van der Waals surface area (Å²) >= 11 is 0. The lowest BCUT2D eigenvalue weighted by atomic mass is 10.1. The summed E-state index contributed by atoms with van der Waals surface area (Å²) in [5.74, 6) is -0.160. The van der Waals surface area contributed by atoms with Crippen molar-refractivity contribution in [3.63, 3.8) is 0 Å². The number of amides is 1. The Hall–Kier alpha value is -1.92. The van der Waals surface area contributed by atoms with E-state index in [1.54, 1.807) is 32.3 Å². The van der Waals surface area contributed by atoms with Crippen molar-refractivity contribution in [1.29, 1.82) is 0 Å². The molecule has 0 unspecified atom stereocenters. The molecule has 1 saturated heterocycles. The van der Waals surface area contributed by atoms with Crippen molar-refractivity contribution in [2.75, 3.05) is 20.6 Å². The van der Waals surface area contributed by atoms with Crippen LogP contribution < -0.4 is 0 Å². The summed E-state index contributed by atoms with van der Waals surface area (Å²) in [4.78, 5) is 14.0. The molecule has 1 amide bonds. The van der Waals surface area contributed by atoms with Crippen LogP contribution in [0.4, 0.5) is 0 Å². The summed E-state index contributed by atoms with van der Waals surface area (Å²) in [6.07, 6.45) is 1.28. The number of benzene rings is 2. The van der Waals surface area contributed by atoms with Crippen LogP contribution in [-0.2, 0) is 14.8 Å². The maximum absolute atomic E-state index is 13.0. The van der Waals surface area contributed by atoms with E-state index in [0.29, 0.717) is 19.4 Å². The Balaban J connectivity index is 2.00. The Morgan fingerprint density at radius 3 is 2.52 bits per heavy atom. The predicted molar refractivity (Wildman–Crippen MR) is 89.6 cm³/mol. The fourth-order valence-corrected chi connectivity index (χ4v) is 4.72. The van der Waals surface area contributed by atoms with E-state index >= 15 is 0 Å². The molecule has 2 aromatic rings. The molecule has 0 bridgehead atoms. The van der Waals surface area contributed by atoms with Crippen molar-refractivity contribution in [2.24, 2.45) is 0 Å². The Labute approximate surface area is 136 Å². The summed E-state index contributed by atoms with van der Waals surface area (Å²) in [5.41, 5.74) is 0. The lowest BCUT2D eigenvalue weighted by molar-refractivity contribution is -0.132. The minimum atomic E-state index is -3.67. The topological polar surface area (TPSA) is 57.7 Å². The molecule has 1 fully saturated rings. The van der Waals surface area contributed by atoms with Gasteiger partial charge in [-0.2, -0.15) is 4.31 Å². The number of sulfonamides is 1. The van der Waals surface area contributed by atoms with Gasteiger partial charge in [-0.25, -0.2) is 8.42 Å². The van der Waals surface area contributed by atoms with Crippen LogP contribution in [0, 0.1) is 0 Å². The molecular weight excluding hydrogens is 312 g/mol. The second-order valence-electron chi connectivity index (χ2n) is 6.02. The van der Waals surface area contributed by atoms with E-state index in [9.17, 15) is 13.2 Å². The van der Waals surface area contributed by atoms with E-state index in [0.717, 1.165) is 10.8 Å². The van der Waals surface area contributed by atoms with Crippen LogP contribution in [0.15, 0.2) is 47.4 Å². The number of carbonyl (C=O) groups is 1. The lowest BCUT2D eigenvalue weighted by Crippen LogP contribution is -2.45. The fourth-order valence-electron chi connectivity index (χ4n) is 3.04. The Bertz CT molecular complexity index is 846. The maximum atomic E-state index is 13.0. The van der Waals surface area contributed by atoms with Gasteiger partial charge in [0.1, 0.15) is 6.04 Å². The average molecular weight is 332 g/mol. The second kappa shape index (κ2) is 5.94. The molecule has 1 aliphatic rings. The van der Waals surface area contributed by atoms with Crippen molar-refractivity contribution in [3.05, 3.63) is 42.5 Å². The van der Waals surface area contributed by atoms with Crippen molar-refractivity contribution in [1.82, 2.24) is 9.21 Å². The molecule has 0 aliphatic carbocycles. The van der Waals surface area contributed by atoms with Gasteiger partial charge in [-0.05, 0) is 35.7 Å². The molecule has 0 saturated carbocycles. The van der Waals surface area contributed by atoms with E-state index < -0.39 is 16.1 Å². The Morgan fingerprint density at radius 1 is 1.13 bits per heavy atom. The molecular formula is C17H20N2O3S. The van der Waals surface area contributed by atoms with Crippen LogP contribution in [0.25, 0.3) is 10.8 Å². The van der Waals surface area contributed by atoms with E-state index in [-0.39, 0.29) is 10.8 Å². The fraction of sp³-hybridized carbons (Fsp3) is 0.353. The third-order valence-electron chi connectivity index (χ3n) is 4.26. The van der Waals surface area contributed by atoms with Crippen LogP contribution in [0.3, 0.4) is 0 Å². The lowest BCUT2D eigenvalue weighted by Gasteiger charge is -2.25. The Morgan fingerprint density at radius 2 is 1.83 bits per heavy atom. The molecule has 6 heteroatoms. The highest BCUT2D eigenvalue weighted by atomic mass is 32.2.